The van der Waals surface area contributed by atoms with Gasteiger partial charge in [0.05, 0.1) is 24.5 Å². The first-order valence-electron chi connectivity index (χ1n) is 10.1. The summed E-state index contributed by atoms with van der Waals surface area (Å²) in [4.78, 5) is 30.5. The third kappa shape index (κ3) is 2.72. The van der Waals surface area contributed by atoms with E-state index < -0.39 is 5.60 Å². The van der Waals surface area contributed by atoms with Crippen molar-refractivity contribution < 1.29 is 14.3 Å². The highest BCUT2D eigenvalue weighted by Gasteiger charge is 2.67. The molecular weight excluding hydrogens is 372 g/mol. The van der Waals surface area contributed by atoms with E-state index in [0.717, 1.165) is 24.6 Å². The molecule has 2 bridgehead atoms. The number of rotatable bonds is 3. The maximum absolute atomic E-state index is 13.4. The van der Waals surface area contributed by atoms with E-state index >= 15 is 0 Å². The normalized spacial score (nSPS) is 33.6. The summed E-state index contributed by atoms with van der Waals surface area (Å²) in [6.45, 7) is 6.82. The van der Waals surface area contributed by atoms with E-state index in [-0.39, 0.29) is 29.8 Å². The van der Waals surface area contributed by atoms with E-state index in [1.54, 1.807) is 0 Å². The Morgan fingerprint density at radius 2 is 2.07 bits per heavy atom. The number of hydrogen-bond acceptors (Lipinski definition) is 4. The minimum atomic E-state index is -0.621. The van der Waals surface area contributed by atoms with Crippen LogP contribution in [0.3, 0.4) is 0 Å². The number of aryl methyl sites for hydroxylation is 2. The van der Waals surface area contributed by atoms with Gasteiger partial charge in [-0.1, -0.05) is 35.9 Å². The highest BCUT2D eigenvalue weighted by molar-refractivity contribution is 7.99. The van der Waals surface area contributed by atoms with Crippen LogP contribution in [-0.4, -0.2) is 64.5 Å². The molecule has 5 rings (SSSR count). The number of carbonyl (C=O) groups is 2. The summed E-state index contributed by atoms with van der Waals surface area (Å²) in [5.41, 5.74) is 2.93. The van der Waals surface area contributed by atoms with Crippen molar-refractivity contribution in [3.63, 3.8) is 0 Å². The number of nitrogens with zero attached hydrogens (tertiary/aromatic N) is 2. The van der Waals surface area contributed by atoms with Crippen LogP contribution in [-0.2, 0) is 20.9 Å². The van der Waals surface area contributed by atoms with Crippen molar-refractivity contribution in [2.75, 3.05) is 31.1 Å². The molecule has 5 nitrogen and oxygen atoms in total. The summed E-state index contributed by atoms with van der Waals surface area (Å²) in [6, 6.07) is 6.35. The van der Waals surface area contributed by atoms with Crippen molar-refractivity contribution in [3.8, 4) is 0 Å². The molecule has 4 aliphatic heterocycles. The highest BCUT2D eigenvalue weighted by Crippen LogP contribution is 2.52. The molecule has 4 aliphatic rings. The van der Waals surface area contributed by atoms with Crippen LogP contribution in [0.15, 0.2) is 30.4 Å². The van der Waals surface area contributed by atoms with Crippen molar-refractivity contribution in [1.29, 1.82) is 0 Å². The van der Waals surface area contributed by atoms with E-state index in [1.165, 1.54) is 16.7 Å². The fourth-order valence-electron chi connectivity index (χ4n) is 5.16. The van der Waals surface area contributed by atoms with Gasteiger partial charge in [0.25, 0.3) is 0 Å². The van der Waals surface area contributed by atoms with Gasteiger partial charge in [-0.05, 0) is 25.0 Å². The number of amides is 2. The summed E-state index contributed by atoms with van der Waals surface area (Å²) in [5.74, 6) is 1.37. The van der Waals surface area contributed by atoms with Crippen LogP contribution in [0.25, 0.3) is 0 Å². The van der Waals surface area contributed by atoms with Gasteiger partial charge < -0.3 is 14.5 Å². The van der Waals surface area contributed by atoms with E-state index in [4.69, 9.17) is 4.74 Å². The van der Waals surface area contributed by atoms with Gasteiger partial charge in [0.2, 0.25) is 11.8 Å². The third-order valence-corrected chi connectivity index (χ3v) is 7.59. The summed E-state index contributed by atoms with van der Waals surface area (Å²) < 4.78 is 6.27. The minimum Gasteiger partial charge on any atom is -0.360 e. The van der Waals surface area contributed by atoms with Crippen LogP contribution in [0, 0.1) is 25.7 Å². The van der Waals surface area contributed by atoms with Crippen LogP contribution in [0.2, 0.25) is 0 Å². The number of ether oxygens (including phenoxy) is 1. The monoisotopic (exact) mass is 398 g/mol. The predicted molar refractivity (Wildman–Crippen MR) is 109 cm³/mol. The van der Waals surface area contributed by atoms with Gasteiger partial charge in [0.15, 0.2) is 0 Å². The first-order valence-corrected chi connectivity index (χ1v) is 11.2. The molecule has 1 aromatic carbocycles. The molecule has 0 saturated carbocycles. The quantitative estimate of drug-likeness (QED) is 0.733. The Morgan fingerprint density at radius 3 is 2.86 bits per heavy atom. The van der Waals surface area contributed by atoms with Gasteiger partial charge in [-0.2, -0.15) is 11.8 Å². The van der Waals surface area contributed by atoms with Gasteiger partial charge in [-0.25, -0.2) is 0 Å². The number of likely N-dealkylation sites (tertiary alicyclic amines) is 1. The van der Waals surface area contributed by atoms with Gasteiger partial charge in [-0.15, -0.1) is 0 Å². The number of carbonyl (C=O) groups excluding carboxylic acids is 2. The topological polar surface area (TPSA) is 49.9 Å². The second kappa shape index (κ2) is 6.63. The Bertz CT molecular complexity index is 863. The Labute approximate surface area is 170 Å². The molecule has 28 heavy (non-hydrogen) atoms. The van der Waals surface area contributed by atoms with E-state index in [0.29, 0.717) is 13.1 Å². The van der Waals surface area contributed by atoms with Crippen LogP contribution in [0.1, 0.15) is 16.7 Å². The molecule has 0 aromatic heterocycles. The fraction of sp³-hybridized carbons (Fsp3) is 0.545. The van der Waals surface area contributed by atoms with E-state index in [9.17, 15) is 9.59 Å². The average Bonchev–Trinajstić information content (AvgIpc) is 3.33. The molecule has 1 spiro atoms. The Balaban J connectivity index is 1.40. The zero-order valence-corrected chi connectivity index (χ0v) is 17.2. The number of benzene rings is 1. The molecule has 3 fully saturated rings. The zero-order chi connectivity index (χ0) is 19.5. The molecule has 0 N–H and O–H groups in total. The van der Waals surface area contributed by atoms with Gasteiger partial charge >= 0.3 is 0 Å². The standard InChI is InChI=1S/C22H26N2O3S/c1-14-3-4-15(2)16(11-14)12-24-13-22-6-5-17(27-22)18(19(22)21(24)26)20(25)23-7-9-28-10-8-23/h3-6,11,17-19H,7-10,12-13H2,1-2H3/t17-,18+,19+,22-/m0/s1. The van der Waals surface area contributed by atoms with E-state index in [1.807, 2.05) is 33.7 Å². The molecule has 0 radical (unpaired) electrons. The Morgan fingerprint density at radius 1 is 1.29 bits per heavy atom. The van der Waals surface area contributed by atoms with Gasteiger partial charge in [-0.3, -0.25) is 9.59 Å². The van der Waals surface area contributed by atoms with Crippen molar-refractivity contribution in [2.24, 2.45) is 11.8 Å². The lowest BCUT2D eigenvalue weighted by Gasteiger charge is -2.32. The summed E-state index contributed by atoms with van der Waals surface area (Å²) in [5, 5.41) is 0. The lowest BCUT2D eigenvalue weighted by Crippen LogP contribution is -2.48. The predicted octanol–water partition coefficient (Wildman–Crippen LogP) is 2.16. The Hall–Kier alpha value is -1.79. The molecule has 0 unspecified atom stereocenters. The van der Waals surface area contributed by atoms with E-state index in [2.05, 4.69) is 32.0 Å². The second-order valence-corrected chi connectivity index (χ2v) is 9.69. The summed E-state index contributed by atoms with van der Waals surface area (Å²) in [6.07, 6.45) is 3.80. The average molecular weight is 399 g/mol. The third-order valence-electron chi connectivity index (χ3n) is 6.65. The van der Waals surface area contributed by atoms with Crippen LogP contribution in [0.5, 0.6) is 0 Å². The molecule has 4 heterocycles. The highest BCUT2D eigenvalue weighted by atomic mass is 32.2. The molecule has 4 atom stereocenters. The molecule has 3 saturated heterocycles. The van der Waals surface area contributed by atoms with Crippen molar-refractivity contribution in [3.05, 3.63) is 47.0 Å². The zero-order valence-electron chi connectivity index (χ0n) is 16.4. The van der Waals surface area contributed by atoms with Crippen LogP contribution < -0.4 is 0 Å². The Kier molecular flexibility index (Phi) is 4.32. The minimum absolute atomic E-state index is 0.0671. The van der Waals surface area contributed by atoms with Crippen molar-refractivity contribution in [2.45, 2.75) is 32.1 Å². The fourth-order valence-corrected chi connectivity index (χ4v) is 6.07. The SMILES string of the molecule is Cc1ccc(C)c(CN2C[C@]34C=C[C@H](O3)[C@@H](C(=O)N3CCSCC3)[C@@H]4C2=O)c1. The summed E-state index contributed by atoms with van der Waals surface area (Å²) in [7, 11) is 0. The van der Waals surface area contributed by atoms with Crippen LogP contribution >= 0.6 is 11.8 Å². The maximum atomic E-state index is 13.4. The number of thioether (sulfide) groups is 1. The molecular formula is C22H26N2O3S. The summed E-state index contributed by atoms with van der Waals surface area (Å²) >= 11 is 1.88. The maximum Gasteiger partial charge on any atom is 0.230 e. The lowest BCUT2D eigenvalue weighted by molar-refractivity contribution is -0.143. The lowest BCUT2D eigenvalue weighted by atomic mass is 9.76. The van der Waals surface area contributed by atoms with Crippen molar-refractivity contribution >= 4 is 23.6 Å². The van der Waals surface area contributed by atoms with Crippen LogP contribution in [0.4, 0.5) is 0 Å². The largest absolute Gasteiger partial charge is 0.360 e. The smallest absolute Gasteiger partial charge is 0.230 e. The second-order valence-electron chi connectivity index (χ2n) is 8.46. The number of hydrogen-bond donors (Lipinski definition) is 0. The molecule has 0 aliphatic carbocycles. The van der Waals surface area contributed by atoms with Gasteiger partial charge in [0, 0.05) is 31.1 Å². The first-order chi connectivity index (χ1) is 13.5. The molecule has 1 aromatic rings. The molecule has 6 heteroatoms. The first kappa shape index (κ1) is 18.3. The van der Waals surface area contributed by atoms with Gasteiger partial charge in [0.1, 0.15) is 5.60 Å². The molecule has 148 valence electrons. The van der Waals surface area contributed by atoms with Crippen molar-refractivity contribution in [1.82, 2.24) is 9.80 Å². The molecule has 2 amide bonds. The number of fused-ring (bicyclic) bond motifs is 1.